The molecule has 2 aromatic heterocycles. The van der Waals surface area contributed by atoms with Gasteiger partial charge in [-0.3, -0.25) is 4.72 Å². The Labute approximate surface area is 175 Å². The molecular weight excluding hydrogens is 460 g/mol. The molecule has 0 saturated carbocycles. The van der Waals surface area contributed by atoms with Crippen LogP contribution in [0.4, 0.5) is 5.69 Å². The van der Waals surface area contributed by atoms with Crippen LogP contribution in [0.15, 0.2) is 79.3 Å². The van der Waals surface area contributed by atoms with E-state index in [9.17, 15) is 8.42 Å². The van der Waals surface area contributed by atoms with E-state index in [1.54, 1.807) is 36.6 Å². The molecule has 142 valence electrons. The second kappa shape index (κ2) is 7.54. The standard InChI is InChI=1S/C20H15BrN2O3S2/c1-13-5-7-14(8-6-13)17-12-26-20(22-17)15-3-2-4-16(11-15)23-28(24,25)19-10-9-18(21)27-19/h2-12,23H,1H3. The molecule has 4 aromatic rings. The molecule has 0 unspecified atom stereocenters. The van der Waals surface area contributed by atoms with Crippen LogP contribution in [0.1, 0.15) is 5.56 Å². The summed E-state index contributed by atoms with van der Waals surface area (Å²) in [6.07, 6.45) is 1.60. The van der Waals surface area contributed by atoms with E-state index in [1.807, 2.05) is 37.3 Å². The van der Waals surface area contributed by atoms with Gasteiger partial charge in [0.15, 0.2) is 0 Å². The van der Waals surface area contributed by atoms with Crippen LogP contribution in [0.3, 0.4) is 0 Å². The molecule has 4 rings (SSSR count). The second-order valence-electron chi connectivity index (χ2n) is 6.15. The second-order valence-corrected chi connectivity index (χ2v) is 10.5. The zero-order chi connectivity index (χ0) is 19.7. The van der Waals surface area contributed by atoms with Crippen LogP contribution in [-0.2, 0) is 10.0 Å². The number of anilines is 1. The van der Waals surface area contributed by atoms with Crippen molar-refractivity contribution in [2.24, 2.45) is 0 Å². The van der Waals surface area contributed by atoms with Crippen molar-refractivity contribution in [3.05, 3.63) is 76.3 Å². The Morgan fingerprint density at radius 1 is 1.04 bits per heavy atom. The minimum atomic E-state index is -3.65. The third-order valence-corrected chi connectivity index (χ3v) is 7.52. The molecule has 0 radical (unpaired) electrons. The molecule has 0 amide bonds. The van der Waals surface area contributed by atoms with Crippen LogP contribution in [0.25, 0.3) is 22.7 Å². The molecule has 2 aromatic carbocycles. The van der Waals surface area contributed by atoms with Gasteiger partial charge in [-0.1, -0.05) is 35.9 Å². The fourth-order valence-corrected chi connectivity index (χ4v) is 5.69. The highest BCUT2D eigenvalue weighted by atomic mass is 79.9. The van der Waals surface area contributed by atoms with Crippen molar-refractivity contribution in [2.75, 3.05) is 4.72 Å². The van der Waals surface area contributed by atoms with Crippen LogP contribution in [0, 0.1) is 6.92 Å². The van der Waals surface area contributed by atoms with E-state index in [-0.39, 0.29) is 4.21 Å². The summed E-state index contributed by atoms with van der Waals surface area (Å²) in [6, 6.07) is 18.2. The molecule has 5 nitrogen and oxygen atoms in total. The number of halogens is 1. The first-order valence-electron chi connectivity index (χ1n) is 8.32. The molecule has 0 fully saturated rings. The lowest BCUT2D eigenvalue weighted by atomic mass is 10.1. The zero-order valence-corrected chi connectivity index (χ0v) is 17.9. The highest BCUT2D eigenvalue weighted by molar-refractivity contribution is 9.11. The lowest BCUT2D eigenvalue weighted by Gasteiger charge is -2.07. The predicted molar refractivity (Wildman–Crippen MR) is 115 cm³/mol. The predicted octanol–water partition coefficient (Wildman–Crippen LogP) is 5.94. The van der Waals surface area contributed by atoms with Gasteiger partial charge >= 0.3 is 0 Å². The van der Waals surface area contributed by atoms with E-state index < -0.39 is 10.0 Å². The Hall–Kier alpha value is -2.42. The molecule has 28 heavy (non-hydrogen) atoms. The van der Waals surface area contributed by atoms with Crippen molar-refractivity contribution in [3.8, 4) is 22.7 Å². The normalized spacial score (nSPS) is 11.5. The van der Waals surface area contributed by atoms with E-state index in [0.717, 1.165) is 26.4 Å². The topological polar surface area (TPSA) is 72.2 Å². The molecule has 8 heteroatoms. The SMILES string of the molecule is Cc1ccc(-c2coc(-c3cccc(NS(=O)(=O)c4ccc(Br)s4)c3)n2)cc1. The van der Waals surface area contributed by atoms with Gasteiger partial charge in [0.05, 0.1) is 3.79 Å². The maximum absolute atomic E-state index is 12.5. The Morgan fingerprint density at radius 3 is 2.54 bits per heavy atom. The molecule has 1 N–H and O–H groups in total. The molecule has 0 spiro atoms. The summed E-state index contributed by atoms with van der Waals surface area (Å²) in [5.41, 5.74) is 3.98. The van der Waals surface area contributed by atoms with Gasteiger partial charge in [0.2, 0.25) is 5.89 Å². The number of aromatic nitrogens is 1. The summed E-state index contributed by atoms with van der Waals surface area (Å²) in [5.74, 6) is 0.426. The average molecular weight is 475 g/mol. The number of thiophene rings is 1. The lowest BCUT2D eigenvalue weighted by molar-refractivity contribution is 0.575. The number of sulfonamides is 1. The monoisotopic (exact) mass is 474 g/mol. The maximum atomic E-state index is 12.5. The first-order chi connectivity index (χ1) is 13.4. The summed E-state index contributed by atoms with van der Waals surface area (Å²) < 4.78 is 34.2. The van der Waals surface area contributed by atoms with Crippen molar-refractivity contribution in [1.29, 1.82) is 0 Å². The third kappa shape index (κ3) is 4.04. The van der Waals surface area contributed by atoms with Crippen molar-refractivity contribution < 1.29 is 12.8 Å². The smallest absolute Gasteiger partial charge is 0.271 e. The highest BCUT2D eigenvalue weighted by Crippen LogP contribution is 2.30. The number of hydrogen-bond donors (Lipinski definition) is 1. The van der Waals surface area contributed by atoms with Crippen molar-refractivity contribution in [2.45, 2.75) is 11.1 Å². The van der Waals surface area contributed by atoms with E-state index in [4.69, 9.17) is 4.42 Å². The molecular formula is C20H15BrN2O3S2. The molecule has 0 aliphatic carbocycles. The quantitative estimate of drug-likeness (QED) is 0.388. The Kier molecular flexibility index (Phi) is 5.09. The zero-order valence-electron chi connectivity index (χ0n) is 14.7. The number of nitrogens with zero attached hydrogens (tertiary/aromatic N) is 1. The van der Waals surface area contributed by atoms with Crippen molar-refractivity contribution in [1.82, 2.24) is 4.98 Å². The minimum Gasteiger partial charge on any atom is -0.444 e. The van der Waals surface area contributed by atoms with Gasteiger partial charge in [0.1, 0.15) is 16.2 Å². The van der Waals surface area contributed by atoms with Crippen LogP contribution in [0.2, 0.25) is 0 Å². The Bertz CT molecular complexity index is 1230. The number of rotatable bonds is 5. The van der Waals surface area contributed by atoms with Gasteiger partial charge in [-0.2, -0.15) is 0 Å². The van der Waals surface area contributed by atoms with Gasteiger partial charge < -0.3 is 4.42 Å². The van der Waals surface area contributed by atoms with Gasteiger partial charge in [-0.25, -0.2) is 13.4 Å². The number of hydrogen-bond acceptors (Lipinski definition) is 5. The maximum Gasteiger partial charge on any atom is 0.271 e. The number of oxazole rings is 1. The molecule has 0 aliphatic heterocycles. The van der Waals surface area contributed by atoms with Gasteiger partial charge in [-0.15, -0.1) is 11.3 Å². The van der Waals surface area contributed by atoms with Gasteiger partial charge in [0, 0.05) is 16.8 Å². The Balaban J connectivity index is 1.60. The number of aryl methyl sites for hydroxylation is 1. The number of benzene rings is 2. The molecule has 2 heterocycles. The highest BCUT2D eigenvalue weighted by Gasteiger charge is 2.17. The van der Waals surface area contributed by atoms with E-state index in [2.05, 4.69) is 25.6 Å². The van der Waals surface area contributed by atoms with Crippen LogP contribution in [-0.4, -0.2) is 13.4 Å². The van der Waals surface area contributed by atoms with E-state index >= 15 is 0 Å². The first-order valence-corrected chi connectivity index (χ1v) is 11.4. The number of nitrogens with one attached hydrogen (secondary N) is 1. The van der Waals surface area contributed by atoms with Crippen molar-refractivity contribution >= 4 is 43.0 Å². The summed E-state index contributed by atoms with van der Waals surface area (Å²) in [4.78, 5) is 4.53. The van der Waals surface area contributed by atoms with Crippen LogP contribution < -0.4 is 4.72 Å². The van der Waals surface area contributed by atoms with Gasteiger partial charge in [0.25, 0.3) is 10.0 Å². The Morgan fingerprint density at radius 2 is 1.82 bits per heavy atom. The van der Waals surface area contributed by atoms with Gasteiger partial charge in [-0.05, 0) is 53.2 Å². The molecule has 0 bridgehead atoms. The van der Waals surface area contributed by atoms with Crippen molar-refractivity contribution in [3.63, 3.8) is 0 Å². The summed E-state index contributed by atoms with van der Waals surface area (Å²) in [7, 11) is -3.65. The minimum absolute atomic E-state index is 0.238. The van der Waals surface area contributed by atoms with E-state index in [0.29, 0.717) is 17.1 Å². The lowest BCUT2D eigenvalue weighted by Crippen LogP contribution is -2.11. The molecule has 0 atom stereocenters. The summed E-state index contributed by atoms with van der Waals surface area (Å²) >= 11 is 4.44. The third-order valence-electron chi connectivity index (χ3n) is 4.03. The van der Waals surface area contributed by atoms with Crippen LogP contribution in [0.5, 0.6) is 0 Å². The van der Waals surface area contributed by atoms with Crippen LogP contribution >= 0.6 is 27.3 Å². The first kappa shape index (κ1) is 18.9. The average Bonchev–Trinajstić information content (AvgIpc) is 3.32. The fourth-order valence-electron chi connectivity index (χ4n) is 2.63. The largest absolute Gasteiger partial charge is 0.444 e. The summed E-state index contributed by atoms with van der Waals surface area (Å²) in [6.45, 7) is 2.03. The van der Waals surface area contributed by atoms with E-state index in [1.165, 1.54) is 5.56 Å². The summed E-state index contributed by atoms with van der Waals surface area (Å²) in [5, 5.41) is 0. The molecule has 0 aliphatic rings. The fraction of sp³-hybridized carbons (Fsp3) is 0.0500. The molecule has 0 saturated heterocycles.